The predicted octanol–water partition coefficient (Wildman–Crippen LogP) is 2.00. The molecule has 0 aliphatic carbocycles. The molecule has 33 heavy (non-hydrogen) atoms. The predicted molar refractivity (Wildman–Crippen MR) is 135 cm³/mol. The average Bonchev–Trinajstić information content (AvgIpc) is 2.78. The third-order valence-electron chi connectivity index (χ3n) is 6.75. The highest BCUT2D eigenvalue weighted by molar-refractivity contribution is 6.40. The number of rotatable bonds is 10. The molecule has 0 saturated carbocycles. The number of benzene rings is 1. The molecule has 3 rings (SSSR count). The van der Waals surface area contributed by atoms with Crippen molar-refractivity contribution >= 4 is 43.6 Å². The lowest BCUT2D eigenvalue weighted by atomic mass is 9.74. The van der Waals surface area contributed by atoms with Crippen molar-refractivity contribution in [2.75, 3.05) is 44.3 Å². The number of anilines is 1. The van der Waals surface area contributed by atoms with Crippen LogP contribution < -0.4 is 10.6 Å². The lowest BCUT2D eigenvalue weighted by Gasteiger charge is -2.40. The molecule has 0 aromatic heterocycles. The molecule has 11 heteroatoms. The van der Waals surface area contributed by atoms with Gasteiger partial charge in [0.15, 0.2) is 0 Å². The Balaban J connectivity index is 0.00000272. The van der Waals surface area contributed by atoms with Crippen LogP contribution in [0.25, 0.3) is 0 Å². The van der Waals surface area contributed by atoms with E-state index in [-0.39, 0.29) is 37.1 Å². The summed E-state index contributed by atoms with van der Waals surface area (Å²) in [6.07, 6.45) is 3.25. The smallest absolute Gasteiger partial charge is 0.451 e. The number of hydrogen-bond donors (Lipinski definition) is 4. The zero-order valence-electron chi connectivity index (χ0n) is 19.1. The maximum atomic E-state index is 12.0. The summed E-state index contributed by atoms with van der Waals surface area (Å²) in [4.78, 5) is 16.8. The fourth-order valence-corrected chi connectivity index (χ4v) is 4.83. The van der Waals surface area contributed by atoms with Crippen molar-refractivity contribution in [1.29, 1.82) is 0 Å². The summed E-state index contributed by atoms with van der Waals surface area (Å²) in [7, 11) is -1.35. The molecule has 1 atom stereocenters. The van der Waals surface area contributed by atoms with Gasteiger partial charge < -0.3 is 30.5 Å². The van der Waals surface area contributed by atoms with Crippen molar-refractivity contribution in [2.24, 2.45) is 11.7 Å². The molecule has 1 unspecified atom stereocenters. The van der Waals surface area contributed by atoms with E-state index in [0.717, 1.165) is 58.8 Å². The minimum atomic E-state index is -1.35. The maximum absolute atomic E-state index is 12.0. The fourth-order valence-electron chi connectivity index (χ4n) is 4.83. The van der Waals surface area contributed by atoms with Crippen LogP contribution in [0, 0.1) is 5.92 Å². The van der Waals surface area contributed by atoms with E-state index in [1.165, 1.54) is 11.3 Å². The summed E-state index contributed by atoms with van der Waals surface area (Å²) in [5.41, 5.74) is 7.69. The van der Waals surface area contributed by atoms with E-state index in [9.17, 15) is 9.90 Å². The Bertz CT molecular complexity index is 719. The number of carboxylic acids is 1. The van der Waals surface area contributed by atoms with E-state index >= 15 is 0 Å². The summed E-state index contributed by atoms with van der Waals surface area (Å²) in [5.74, 6) is -1.03. The Morgan fingerprint density at radius 3 is 2.33 bits per heavy atom. The Hall–Kier alpha value is -1.07. The average molecular weight is 506 g/mol. The first-order valence-corrected chi connectivity index (χ1v) is 11.4. The Morgan fingerprint density at radius 1 is 1.09 bits per heavy atom. The molecule has 5 N–H and O–H groups in total. The molecule has 1 aromatic carbocycles. The molecular formula is C22H38BCl2N3O5. The van der Waals surface area contributed by atoms with Crippen LogP contribution in [0.2, 0.25) is 6.32 Å². The van der Waals surface area contributed by atoms with E-state index in [0.29, 0.717) is 19.3 Å². The largest absolute Gasteiger partial charge is 0.480 e. The number of aliphatic carboxylic acids is 1. The van der Waals surface area contributed by atoms with Gasteiger partial charge in [-0.25, -0.2) is 0 Å². The van der Waals surface area contributed by atoms with Crippen molar-refractivity contribution < 1.29 is 24.7 Å². The normalized spacial score (nSPS) is 19.2. The molecule has 0 bridgehead atoms. The second kappa shape index (κ2) is 14.4. The second-order valence-corrected chi connectivity index (χ2v) is 8.85. The first-order valence-electron chi connectivity index (χ1n) is 11.4. The van der Waals surface area contributed by atoms with Crippen molar-refractivity contribution in [3.8, 4) is 0 Å². The van der Waals surface area contributed by atoms with E-state index < -0.39 is 18.6 Å². The number of piperidine rings is 1. The van der Waals surface area contributed by atoms with Crippen LogP contribution in [-0.2, 0) is 16.1 Å². The number of halogens is 2. The molecule has 0 radical (unpaired) electrons. The summed E-state index contributed by atoms with van der Waals surface area (Å²) < 4.78 is 5.48. The zero-order chi connectivity index (χ0) is 22.3. The number of likely N-dealkylation sites (tertiary alicyclic amines) is 1. The highest BCUT2D eigenvalue weighted by Gasteiger charge is 2.43. The quantitative estimate of drug-likeness (QED) is 0.281. The number of para-hydroxylation sites is 1. The summed E-state index contributed by atoms with van der Waals surface area (Å²) in [5, 5.41) is 27.8. The van der Waals surface area contributed by atoms with Crippen LogP contribution in [0.3, 0.4) is 0 Å². The Morgan fingerprint density at radius 2 is 1.73 bits per heavy atom. The van der Waals surface area contributed by atoms with Gasteiger partial charge >= 0.3 is 13.1 Å². The van der Waals surface area contributed by atoms with E-state index in [1.807, 2.05) is 0 Å². The highest BCUT2D eigenvalue weighted by atomic mass is 35.5. The first-order chi connectivity index (χ1) is 14.9. The molecule has 2 fully saturated rings. The van der Waals surface area contributed by atoms with E-state index in [4.69, 9.17) is 20.5 Å². The second-order valence-electron chi connectivity index (χ2n) is 8.85. The number of unbranched alkanes of at least 4 members (excludes halogenated alkanes) is 1. The van der Waals surface area contributed by atoms with Crippen molar-refractivity contribution in [3.63, 3.8) is 0 Å². The van der Waals surface area contributed by atoms with Crippen molar-refractivity contribution in [2.45, 2.75) is 50.5 Å². The minimum Gasteiger partial charge on any atom is -0.480 e. The molecule has 2 heterocycles. The summed E-state index contributed by atoms with van der Waals surface area (Å²) >= 11 is 0. The van der Waals surface area contributed by atoms with Crippen LogP contribution in [0.5, 0.6) is 0 Å². The highest BCUT2D eigenvalue weighted by Crippen LogP contribution is 2.32. The lowest BCUT2D eigenvalue weighted by Crippen LogP contribution is -2.56. The number of ether oxygens (including phenoxy) is 1. The molecule has 0 spiro atoms. The molecule has 188 valence electrons. The van der Waals surface area contributed by atoms with Gasteiger partial charge in [0.1, 0.15) is 5.54 Å². The minimum absolute atomic E-state index is 0. The molecule has 2 aliphatic rings. The van der Waals surface area contributed by atoms with Crippen LogP contribution in [-0.4, -0.2) is 78.1 Å². The van der Waals surface area contributed by atoms with Gasteiger partial charge in [-0.05, 0) is 56.2 Å². The van der Waals surface area contributed by atoms with Gasteiger partial charge in [0.25, 0.3) is 0 Å². The summed E-state index contributed by atoms with van der Waals surface area (Å²) in [6, 6.07) is 8.50. The maximum Gasteiger partial charge on any atom is 0.451 e. The van der Waals surface area contributed by atoms with Crippen LogP contribution in [0.4, 0.5) is 5.69 Å². The number of morpholine rings is 1. The van der Waals surface area contributed by atoms with E-state index in [1.54, 1.807) is 0 Å². The van der Waals surface area contributed by atoms with Gasteiger partial charge in [-0.3, -0.25) is 9.69 Å². The topological polar surface area (TPSA) is 119 Å². The van der Waals surface area contributed by atoms with E-state index in [2.05, 4.69) is 34.1 Å². The van der Waals surface area contributed by atoms with Crippen LogP contribution in [0.15, 0.2) is 24.3 Å². The lowest BCUT2D eigenvalue weighted by molar-refractivity contribution is -0.147. The molecule has 1 aromatic rings. The van der Waals surface area contributed by atoms with Gasteiger partial charge in [-0.1, -0.05) is 31.0 Å². The number of carbonyl (C=O) groups is 1. The molecule has 8 nitrogen and oxygen atoms in total. The first kappa shape index (κ1) is 30.0. The molecular weight excluding hydrogens is 468 g/mol. The zero-order valence-corrected chi connectivity index (χ0v) is 20.7. The molecule has 2 aliphatic heterocycles. The van der Waals surface area contributed by atoms with Crippen molar-refractivity contribution in [3.05, 3.63) is 29.8 Å². The van der Waals surface area contributed by atoms with Crippen LogP contribution in [0.1, 0.15) is 37.7 Å². The number of nitrogens with zero attached hydrogens (tertiary/aromatic N) is 2. The third-order valence-corrected chi connectivity index (χ3v) is 6.75. The van der Waals surface area contributed by atoms with Gasteiger partial charge in [-0.2, -0.15) is 0 Å². The third kappa shape index (κ3) is 8.28. The molecule has 0 amide bonds. The van der Waals surface area contributed by atoms with Crippen molar-refractivity contribution in [1.82, 2.24) is 4.90 Å². The summed E-state index contributed by atoms with van der Waals surface area (Å²) in [6.45, 7) is 5.81. The van der Waals surface area contributed by atoms with Gasteiger partial charge in [-0.15, -0.1) is 24.8 Å². The number of carboxylic acid groups (broad SMARTS) is 1. The SMILES string of the molecule is Cl.Cl.NC(CCCCB(O)O)(C(=O)O)C1CCN(Cc2ccccc2N2CCOCC2)CC1. The van der Waals surface area contributed by atoms with Gasteiger partial charge in [0, 0.05) is 25.3 Å². The Kier molecular flexibility index (Phi) is 13.0. The molecule has 2 saturated heterocycles. The number of nitrogens with two attached hydrogens (primary N) is 1. The fraction of sp³-hybridized carbons (Fsp3) is 0.682. The number of hydrogen-bond acceptors (Lipinski definition) is 7. The van der Waals surface area contributed by atoms with Crippen LogP contribution >= 0.6 is 24.8 Å². The van der Waals surface area contributed by atoms with Gasteiger partial charge in [0.05, 0.1) is 13.2 Å². The van der Waals surface area contributed by atoms with Gasteiger partial charge in [0.2, 0.25) is 0 Å². The monoisotopic (exact) mass is 505 g/mol. The standard InChI is InChI=1S/C22H36BN3O5.2ClH/c24-22(21(27)28,9-3-4-10-23(29)30)19-7-11-25(12-8-19)17-18-5-1-2-6-20(18)26-13-15-31-16-14-26;;/h1-2,5-6,19,29-30H,3-4,7-17,24H2,(H,27,28);2*1H. The Labute approximate surface area is 209 Å².